The minimum atomic E-state index is 0.0230. The Balaban J connectivity index is 1.50. The average molecular weight is 386 g/mol. The van der Waals surface area contributed by atoms with Crippen molar-refractivity contribution < 1.29 is 9.53 Å². The predicted octanol–water partition coefficient (Wildman–Crippen LogP) is 4.25. The summed E-state index contributed by atoms with van der Waals surface area (Å²) in [5.41, 5.74) is 3.24. The summed E-state index contributed by atoms with van der Waals surface area (Å²) in [5, 5.41) is 0. The monoisotopic (exact) mass is 386 g/mol. The molecule has 4 nitrogen and oxygen atoms in total. The van der Waals surface area contributed by atoms with Gasteiger partial charge in [-0.15, -0.1) is 0 Å². The fourth-order valence-electron chi connectivity index (χ4n) is 3.85. The van der Waals surface area contributed by atoms with E-state index >= 15 is 0 Å². The third kappa shape index (κ3) is 4.49. The minimum absolute atomic E-state index is 0.0230. The van der Waals surface area contributed by atoms with E-state index in [2.05, 4.69) is 36.2 Å². The number of carbonyl (C=O) groups is 1. The number of hydrogen-bond acceptors (Lipinski definition) is 3. The van der Waals surface area contributed by atoms with Crippen molar-refractivity contribution >= 4 is 5.91 Å². The molecule has 1 amide bonds. The predicted molar refractivity (Wildman–Crippen MR) is 116 cm³/mol. The molecular formula is C25H26N2O2. The summed E-state index contributed by atoms with van der Waals surface area (Å²) in [6.45, 7) is 2.45. The third-order valence-electron chi connectivity index (χ3n) is 5.41. The van der Waals surface area contributed by atoms with Crippen molar-refractivity contribution in [3.63, 3.8) is 0 Å². The zero-order valence-electron chi connectivity index (χ0n) is 16.7. The van der Waals surface area contributed by atoms with Gasteiger partial charge in [-0.1, -0.05) is 78.9 Å². The van der Waals surface area contributed by atoms with Gasteiger partial charge in [0.15, 0.2) is 6.61 Å². The Morgan fingerprint density at radius 1 is 0.897 bits per heavy atom. The van der Waals surface area contributed by atoms with Crippen molar-refractivity contribution in [2.75, 3.05) is 33.3 Å². The SMILES string of the molecule is CN1CCN(C(=O)COc2ccccc2-c2ccccc2)C(c2ccccc2)C1. The van der Waals surface area contributed by atoms with Gasteiger partial charge in [0, 0.05) is 25.2 Å². The van der Waals surface area contributed by atoms with Gasteiger partial charge in [-0.05, 0) is 24.2 Å². The highest BCUT2D eigenvalue weighted by molar-refractivity contribution is 5.79. The molecule has 1 unspecified atom stereocenters. The first-order valence-corrected chi connectivity index (χ1v) is 10.0. The smallest absolute Gasteiger partial charge is 0.261 e. The number of para-hydroxylation sites is 1. The number of piperazine rings is 1. The van der Waals surface area contributed by atoms with Gasteiger partial charge >= 0.3 is 0 Å². The topological polar surface area (TPSA) is 32.8 Å². The summed E-state index contributed by atoms with van der Waals surface area (Å²) in [6, 6.07) is 28.3. The maximum absolute atomic E-state index is 13.1. The number of amides is 1. The van der Waals surface area contributed by atoms with E-state index in [1.807, 2.05) is 65.6 Å². The Labute approximate surface area is 172 Å². The molecule has 0 aliphatic carbocycles. The zero-order valence-corrected chi connectivity index (χ0v) is 16.7. The summed E-state index contributed by atoms with van der Waals surface area (Å²) < 4.78 is 6.01. The molecule has 1 aliphatic rings. The van der Waals surface area contributed by atoms with Crippen molar-refractivity contribution in [2.45, 2.75) is 6.04 Å². The first kappa shape index (κ1) is 19.2. The molecule has 4 heteroatoms. The molecule has 4 rings (SSSR count). The normalized spacial score (nSPS) is 17.1. The molecule has 3 aromatic rings. The molecule has 1 saturated heterocycles. The quantitative estimate of drug-likeness (QED) is 0.657. The Morgan fingerprint density at radius 2 is 1.55 bits per heavy atom. The third-order valence-corrected chi connectivity index (χ3v) is 5.41. The molecule has 1 aliphatic heterocycles. The van der Waals surface area contributed by atoms with Crippen LogP contribution in [0.2, 0.25) is 0 Å². The average Bonchev–Trinajstić information content (AvgIpc) is 2.79. The van der Waals surface area contributed by atoms with Gasteiger partial charge in [-0.3, -0.25) is 4.79 Å². The molecule has 0 bridgehead atoms. The van der Waals surface area contributed by atoms with Crippen molar-refractivity contribution in [3.8, 4) is 16.9 Å². The van der Waals surface area contributed by atoms with Gasteiger partial charge in [0.1, 0.15) is 5.75 Å². The maximum atomic E-state index is 13.1. The highest BCUT2D eigenvalue weighted by Crippen LogP contribution is 2.30. The maximum Gasteiger partial charge on any atom is 0.261 e. The zero-order chi connectivity index (χ0) is 20.1. The fourth-order valence-corrected chi connectivity index (χ4v) is 3.85. The van der Waals surface area contributed by atoms with Gasteiger partial charge in [0.2, 0.25) is 0 Å². The van der Waals surface area contributed by atoms with E-state index in [0.717, 1.165) is 35.5 Å². The lowest BCUT2D eigenvalue weighted by atomic mass is 10.0. The molecule has 3 aromatic carbocycles. The molecule has 0 N–H and O–H groups in total. The summed E-state index contributed by atoms with van der Waals surface area (Å²) in [4.78, 5) is 17.3. The standard InChI is InChI=1S/C25H26N2O2/c1-26-16-17-27(23(18-26)21-12-6-3-7-13-21)25(28)19-29-24-15-9-8-14-22(24)20-10-4-2-5-11-20/h2-15,23H,16-19H2,1H3. The van der Waals surface area contributed by atoms with Crippen LogP contribution in [-0.4, -0.2) is 49.0 Å². The van der Waals surface area contributed by atoms with Crippen LogP contribution in [0.3, 0.4) is 0 Å². The second kappa shape index (κ2) is 8.93. The molecule has 0 spiro atoms. The van der Waals surface area contributed by atoms with E-state index in [4.69, 9.17) is 4.74 Å². The first-order chi connectivity index (χ1) is 14.2. The number of ether oxygens (including phenoxy) is 1. The van der Waals surface area contributed by atoms with Crippen LogP contribution in [0, 0.1) is 0 Å². The van der Waals surface area contributed by atoms with Gasteiger partial charge in [0.25, 0.3) is 5.91 Å². The van der Waals surface area contributed by atoms with E-state index in [1.54, 1.807) is 0 Å². The molecule has 0 saturated carbocycles. The lowest BCUT2D eigenvalue weighted by Gasteiger charge is -2.40. The lowest BCUT2D eigenvalue weighted by Crippen LogP contribution is -2.50. The van der Waals surface area contributed by atoms with E-state index in [9.17, 15) is 4.79 Å². The first-order valence-electron chi connectivity index (χ1n) is 10.0. The van der Waals surface area contributed by atoms with Gasteiger partial charge < -0.3 is 14.5 Å². The van der Waals surface area contributed by atoms with E-state index in [-0.39, 0.29) is 18.6 Å². The van der Waals surface area contributed by atoms with Gasteiger partial charge in [-0.2, -0.15) is 0 Å². The highest BCUT2D eigenvalue weighted by Gasteiger charge is 2.30. The van der Waals surface area contributed by atoms with E-state index in [1.165, 1.54) is 0 Å². The van der Waals surface area contributed by atoms with Crippen LogP contribution < -0.4 is 4.74 Å². The summed E-state index contributed by atoms with van der Waals surface area (Å²) >= 11 is 0. The number of nitrogens with zero attached hydrogens (tertiary/aromatic N) is 2. The lowest BCUT2D eigenvalue weighted by molar-refractivity contribution is -0.138. The number of benzene rings is 3. The molecule has 29 heavy (non-hydrogen) atoms. The van der Waals surface area contributed by atoms with Crippen molar-refractivity contribution in [3.05, 3.63) is 90.5 Å². The van der Waals surface area contributed by atoms with E-state index < -0.39 is 0 Å². The molecule has 1 heterocycles. The van der Waals surface area contributed by atoms with Crippen molar-refractivity contribution in [2.24, 2.45) is 0 Å². The van der Waals surface area contributed by atoms with E-state index in [0.29, 0.717) is 6.54 Å². The number of likely N-dealkylation sites (N-methyl/N-ethyl adjacent to an activating group) is 1. The van der Waals surface area contributed by atoms with Crippen molar-refractivity contribution in [1.29, 1.82) is 0 Å². The molecular weight excluding hydrogens is 360 g/mol. The van der Waals surface area contributed by atoms with Gasteiger partial charge in [0.05, 0.1) is 6.04 Å². The Kier molecular flexibility index (Phi) is 5.92. The highest BCUT2D eigenvalue weighted by atomic mass is 16.5. The second-order valence-corrected chi connectivity index (χ2v) is 7.43. The summed E-state index contributed by atoms with van der Waals surface area (Å²) in [7, 11) is 2.10. The Morgan fingerprint density at radius 3 is 2.31 bits per heavy atom. The Hall–Kier alpha value is -3.11. The van der Waals surface area contributed by atoms with Crippen LogP contribution in [0.1, 0.15) is 11.6 Å². The molecule has 0 radical (unpaired) electrons. The number of hydrogen-bond donors (Lipinski definition) is 0. The minimum Gasteiger partial charge on any atom is -0.483 e. The van der Waals surface area contributed by atoms with Crippen LogP contribution in [0.15, 0.2) is 84.9 Å². The Bertz CT molecular complexity index is 943. The molecule has 0 aromatic heterocycles. The van der Waals surface area contributed by atoms with Crippen LogP contribution in [0.4, 0.5) is 0 Å². The van der Waals surface area contributed by atoms with Gasteiger partial charge in [-0.25, -0.2) is 0 Å². The molecule has 1 atom stereocenters. The molecule has 1 fully saturated rings. The number of carbonyl (C=O) groups excluding carboxylic acids is 1. The fraction of sp³-hybridized carbons (Fsp3) is 0.240. The second-order valence-electron chi connectivity index (χ2n) is 7.43. The van der Waals surface area contributed by atoms with Crippen molar-refractivity contribution in [1.82, 2.24) is 9.80 Å². The van der Waals surface area contributed by atoms with Crippen LogP contribution >= 0.6 is 0 Å². The van der Waals surface area contributed by atoms with Crippen LogP contribution in [0.5, 0.6) is 5.75 Å². The molecule has 148 valence electrons. The van der Waals surface area contributed by atoms with Crippen LogP contribution in [0.25, 0.3) is 11.1 Å². The largest absolute Gasteiger partial charge is 0.483 e. The summed E-state index contributed by atoms with van der Waals surface area (Å²) in [6.07, 6.45) is 0. The number of rotatable bonds is 5. The van der Waals surface area contributed by atoms with Crippen LogP contribution in [-0.2, 0) is 4.79 Å². The summed E-state index contributed by atoms with van der Waals surface area (Å²) in [5.74, 6) is 0.757.